The lowest BCUT2D eigenvalue weighted by atomic mass is 10.2. The molecule has 0 atom stereocenters. The first-order valence-corrected chi connectivity index (χ1v) is 9.82. The number of rotatable bonds is 6. The molecule has 0 aliphatic carbocycles. The zero-order chi connectivity index (χ0) is 18.7. The summed E-state index contributed by atoms with van der Waals surface area (Å²) in [5, 5.41) is 19.4. The second-order valence-corrected chi connectivity index (χ2v) is 8.07. The van der Waals surface area contributed by atoms with Crippen LogP contribution in [0.25, 0.3) is 0 Å². The number of hydrogen-bond acceptors (Lipinski definition) is 7. The smallest absolute Gasteiger partial charge is 0.234 e. The minimum absolute atomic E-state index is 0.0857. The van der Waals surface area contributed by atoms with Gasteiger partial charge in [-0.3, -0.25) is 9.48 Å². The second-order valence-electron chi connectivity index (χ2n) is 5.87. The van der Waals surface area contributed by atoms with E-state index in [2.05, 4.69) is 25.9 Å². The van der Waals surface area contributed by atoms with Crippen molar-refractivity contribution in [2.24, 2.45) is 7.05 Å². The molecule has 0 spiro atoms. The Morgan fingerprint density at radius 3 is 2.58 bits per heavy atom. The normalized spacial score (nSPS) is 10.8. The van der Waals surface area contributed by atoms with Gasteiger partial charge in [0, 0.05) is 12.7 Å². The SMILES string of the molecule is Cc1ccc(Nc2nnc(SCC(=O)Nc3c(C)nn(C)c3C)s2)cc1. The molecule has 2 aromatic heterocycles. The number of aromatic nitrogens is 4. The van der Waals surface area contributed by atoms with E-state index < -0.39 is 0 Å². The lowest BCUT2D eigenvalue weighted by Crippen LogP contribution is -2.15. The molecule has 2 heterocycles. The molecule has 0 radical (unpaired) electrons. The molecule has 26 heavy (non-hydrogen) atoms. The summed E-state index contributed by atoms with van der Waals surface area (Å²) in [6.07, 6.45) is 0. The Morgan fingerprint density at radius 1 is 1.19 bits per heavy atom. The molecule has 7 nitrogen and oxygen atoms in total. The van der Waals surface area contributed by atoms with E-state index in [0.29, 0.717) is 5.13 Å². The summed E-state index contributed by atoms with van der Waals surface area (Å²) in [4.78, 5) is 12.2. The third-order valence-electron chi connectivity index (χ3n) is 3.81. The van der Waals surface area contributed by atoms with Gasteiger partial charge in [-0.25, -0.2) is 0 Å². The molecular formula is C17H20N6OS2. The minimum Gasteiger partial charge on any atom is -0.330 e. The fraction of sp³-hybridized carbons (Fsp3) is 0.294. The van der Waals surface area contributed by atoms with E-state index in [0.717, 1.165) is 27.1 Å². The molecule has 0 bridgehead atoms. The van der Waals surface area contributed by atoms with Gasteiger partial charge in [-0.1, -0.05) is 40.8 Å². The Morgan fingerprint density at radius 2 is 1.92 bits per heavy atom. The van der Waals surface area contributed by atoms with Gasteiger partial charge >= 0.3 is 0 Å². The van der Waals surface area contributed by atoms with Crippen LogP contribution in [0, 0.1) is 20.8 Å². The number of amides is 1. The van der Waals surface area contributed by atoms with Gasteiger partial charge in [-0.15, -0.1) is 10.2 Å². The average Bonchev–Trinajstić information content (AvgIpc) is 3.15. The van der Waals surface area contributed by atoms with Crippen molar-refractivity contribution in [2.75, 3.05) is 16.4 Å². The highest BCUT2D eigenvalue weighted by atomic mass is 32.2. The Bertz CT molecular complexity index is 916. The molecule has 3 rings (SSSR count). The Kier molecular flexibility index (Phi) is 5.58. The number of benzene rings is 1. The van der Waals surface area contributed by atoms with Crippen LogP contribution in [0.2, 0.25) is 0 Å². The van der Waals surface area contributed by atoms with E-state index in [4.69, 9.17) is 0 Å². The predicted octanol–water partition coefficient (Wildman–Crippen LogP) is 3.67. The number of thioether (sulfide) groups is 1. The fourth-order valence-corrected chi connectivity index (χ4v) is 3.91. The largest absolute Gasteiger partial charge is 0.330 e. The van der Waals surface area contributed by atoms with Crippen molar-refractivity contribution in [3.8, 4) is 0 Å². The molecule has 9 heteroatoms. The minimum atomic E-state index is -0.0857. The molecule has 1 amide bonds. The highest BCUT2D eigenvalue weighted by Crippen LogP contribution is 2.28. The fourth-order valence-electron chi connectivity index (χ4n) is 2.34. The van der Waals surface area contributed by atoms with E-state index in [1.807, 2.05) is 52.1 Å². The zero-order valence-electron chi connectivity index (χ0n) is 15.0. The number of hydrogen-bond donors (Lipinski definition) is 2. The lowest BCUT2D eigenvalue weighted by molar-refractivity contribution is -0.113. The van der Waals surface area contributed by atoms with Crippen LogP contribution < -0.4 is 10.6 Å². The summed E-state index contributed by atoms with van der Waals surface area (Å²) in [6.45, 7) is 5.85. The van der Waals surface area contributed by atoms with Crippen LogP contribution in [0.1, 0.15) is 17.0 Å². The molecule has 3 aromatic rings. The van der Waals surface area contributed by atoms with Crippen molar-refractivity contribution in [3.05, 3.63) is 41.2 Å². The van der Waals surface area contributed by atoms with Crippen LogP contribution in [0.5, 0.6) is 0 Å². The first-order chi connectivity index (χ1) is 12.4. The Hall–Kier alpha value is -2.39. The zero-order valence-corrected chi connectivity index (χ0v) is 16.7. The number of carbonyl (C=O) groups excluding carboxylic acids is 1. The quantitative estimate of drug-likeness (QED) is 0.627. The van der Waals surface area contributed by atoms with Crippen molar-refractivity contribution < 1.29 is 4.79 Å². The summed E-state index contributed by atoms with van der Waals surface area (Å²) in [5.74, 6) is 0.185. The van der Waals surface area contributed by atoms with Crippen molar-refractivity contribution in [3.63, 3.8) is 0 Å². The highest BCUT2D eigenvalue weighted by Gasteiger charge is 2.14. The summed E-state index contributed by atoms with van der Waals surface area (Å²) in [7, 11) is 1.86. The number of nitrogens with one attached hydrogen (secondary N) is 2. The predicted molar refractivity (Wildman–Crippen MR) is 106 cm³/mol. The van der Waals surface area contributed by atoms with Gasteiger partial charge in [-0.2, -0.15) is 5.10 Å². The Labute approximate surface area is 160 Å². The molecular weight excluding hydrogens is 368 g/mol. The van der Waals surface area contributed by atoms with E-state index in [1.165, 1.54) is 28.7 Å². The van der Waals surface area contributed by atoms with Crippen molar-refractivity contribution in [1.29, 1.82) is 0 Å². The van der Waals surface area contributed by atoms with E-state index in [9.17, 15) is 4.79 Å². The van der Waals surface area contributed by atoms with Crippen molar-refractivity contribution >= 4 is 45.5 Å². The molecule has 136 valence electrons. The summed E-state index contributed by atoms with van der Waals surface area (Å²) >= 11 is 2.79. The first-order valence-electron chi connectivity index (χ1n) is 8.02. The number of carbonyl (C=O) groups is 1. The maximum Gasteiger partial charge on any atom is 0.234 e. The maximum atomic E-state index is 12.2. The lowest BCUT2D eigenvalue weighted by Gasteiger charge is -2.04. The molecule has 0 saturated heterocycles. The third kappa shape index (κ3) is 4.41. The van der Waals surface area contributed by atoms with E-state index in [-0.39, 0.29) is 11.7 Å². The molecule has 0 saturated carbocycles. The van der Waals surface area contributed by atoms with Gasteiger partial charge in [0.2, 0.25) is 11.0 Å². The number of nitrogens with zero attached hydrogens (tertiary/aromatic N) is 4. The van der Waals surface area contributed by atoms with E-state index in [1.54, 1.807) is 4.68 Å². The molecule has 0 aliphatic rings. The van der Waals surface area contributed by atoms with E-state index >= 15 is 0 Å². The van der Waals surface area contributed by atoms with Crippen LogP contribution in [0.3, 0.4) is 0 Å². The average molecular weight is 389 g/mol. The van der Waals surface area contributed by atoms with Crippen LogP contribution in [0.4, 0.5) is 16.5 Å². The van der Waals surface area contributed by atoms with Crippen LogP contribution in [-0.4, -0.2) is 31.6 Å². The summed E-state index contributed by atoms with van der Waals surface area (Å²) in [6, 6.07) is 8.06. The third-order valence-corrected chi connectivity index (χ3v) is 5.78. The maximum absolute atomic E-state index is 12.2. The first kappa shape index (κ1) is 18.4. The Balaban J connectivity index is 1.54. The molecule has 2 N–H and O–H groups in total. The van der Waals surface area contributed by atoms with Gasteiger partial charge in [0.05, 0.1) is 22.8 Å². The van der Waals surface area contributed by atoms with Crippen LogP contribution in [0.15, 0.2) is 28.6 Å². The highest BCUT2D eigenvalue weighted by molar-refractivity contribution is 8.01. The van der Waals surface area contributed by atoms with Gasteiger partial charge in [0.1, 0.15) is 0 Å². The monoisotopic (exact) mass is 388 g/mol. The van der Waals surface area contributed by atoms with Crippen LogP contribution in [-0.2, 0) is 11.8 Å². The number of anilines is 3. The summed E-state index contributed by atoms with van der Waals surface area (Å²) < 4.78 is 2.50. The van der Waals surface area contributed by atoms with Gasteiger partial charge < -0.3 is 10.6 Å². The molecule has 0 fully saturated rings. The van der Waals surface area contributed by atoms with Gasteiger partial charge in [0.25, 0.3) is 0 Å². The van der Waals surface area contributed by atoms with Gasteiger partial charge in [0.15, 0.2) is 4.34 Å². The van der Waals surface area contributed by atoms with Crippen molar-refractivity contribution in [2.45, 2.75) is 25.1 Å². The molecule has 1 aromatic carbocycles. The molecule has 0 aliphatic heterocycles. The topological polar surface area (TPSA) is 84.7 Å². The second kappa shape index (κ2) is 7.88. The molecule has 0 unspecified atom stereocenters. The van der Waals surface area contributed by atoms with Gasteiger partial charge in [-0.05, 0) is 32.9 Å². The van der Waals surface area contributed by atoms with Crippen LogP contribution >= 0.6 is 23.1 Å². The number of aryl methyl sites for hydroxylation is 3. The standard InChI is InChI=1S/C17H20N6OS2/c1-10-5-7-13(8-6-10)18-16-20-21-17(26-16)25-9-14(24)19-15-11(2)22-23(4)12(15)3/h5-8H,9H2,1-4H3,(H,18,20)(H,19,24). The summed E-state index contributed by atoms with van der Waals surface area (Å²) in [5.41, 5.74) is 4.68. The van der Waals surface area contributed by atoms with Crippen molar-refractivity contribution in [1.82, 2.24) is 20.0 Å².